The minimum atomic E-state index is -0.496. The topological polar surface area (TPSA) is 72.5 Å². The summed E-state index contributed by atoms with van der Waals surface area (Å²) in [5, 5.41) is 10.2. The van der Waals surface area contributed by atoms with E-state index in [0.717, 1.165) is 37.4 Å². The molecule has 22 heavy (non-hydrogen) atoms. The number of nitrogens with zero attached hydrogens (tertiary/aromatic N) is 3. The zero-order valence-corrected chi connectivity index (χ0v) is 13.0. The highest BCUT2D eigenvalue weighted by Crippen LogP contribution is 2.21. The number of amides is 1. The standard InChI is InChI=1S/C16H24N4O2/c1-12-17-8-14(18-12)9-19-6-7-20(11-15(21)10-19)16(22)13-4-2-3-5-13/h2-3,8,13,15,21H,4-7,9-11H2,1H3,(H,17,18)/t15-/m1/s1. The summed E-state index contributed by atoms with van der Waals surface area (Å²) in [6, 6.07) is 0. The van der Waals surface area contributed by atoms with E-state index in [0.29, 0.717) is 19.6 Å². The summed E-state index contributed by atoms with van der Waals surface area (Å²) in [6.07, 6.45) is 7.16. The third kappa shape index (κ3) is 3.56. The summed E-state index contributed by atoms with van der Waals surface area (Å²) < 4.78 is 0. The van der Waals surface area contributed by atoms with Gasteiger partial charge in [-0.3, -0.25) is 9.69 Å². The molecule has 1 aliphatic carbocycles. The first kappa shape index (κ1) is 15.2. The minimum Gasteiger partial charge on any atom is -0.390 e. The molecule has 1 saturated heterocycles. The first-order valence-electron chi connectivity index (χ1n) is 7.96. The molecule has 3 rings (SSSR count). The van der Waals surface area contributed by atoms with E-state index in [1.165, 1.54) is 0 Å². The predicted octanol–water partition coefficient (Wildman–Crippen LogP) is 0.689. The number of aromatic nitrogens is 2. The van der Waals surface area contributed by atoms with Gasteiger partial charge >= 0.3 is 0 Å². The van der Waals surface area contributed by atoms with Crippen LogP contribution in [0.4, 0.5) is 0 Å². The second-order valence-corrected chi connectivity index (χ2v) is 6.31. The Balaban J connectivity index is 1.58. The van der Waals surface area contributed by atoms with Crippen molar-refractivity contribution in [2.45, 2.75) is 32.4 Å². The van der Waals surface area contributed by atoms with Crippen molar-refractivity contribution in [3.05, 3.63) is 29.9 Å². The van der Waals surface area contributed by atoms with Gasteiger partial charge in [0.1, 0.15) is 5.82 Å². The fraction of sp³-hybridized carbons (Fsp3) is 0.625. The van der Waals surface area contributed by atoms with Gasteiger partial charge in [0.2, 0.25) is 5.91 Å². The quantitative estimate of drug-likeness (QED) is 0.806. The third-order valence-corrected chi connectivity index (χ3v) is 4.40. The molecule has 0 bridgehead atoms. The van der Waals surface area contributed by atoms with Gasteiger partial charge in [0.15, 0.2) is 0 Å². The van der Waals surface area contributed by atoms with E-state index in [2.05, 4.69) is 27.0 Å². The Bertz CT molecular complexity index is 546. The molecule has 2 N–H and O–H groups in total. The molecule has 1 aliphatic heterocycles. The number of β-amino-alcohol motifs (C(OH)–C–C–N with tert-alkyl or cyclic N) is 1. The van der Waals surface area contributed by atoms with Gasteiger partial charge in [-0.15, -0.1) is 0 Å². The number of allylic oxidation sites excluding steroid dienone is 2. The van der Waals surface area contributed by atoms with E-state index in [-0.39, 0.29) is 11.8 Å². The van der Waals surface area contributed by atoms with Crippen LogP contribution in [0.25, 0.3) is 0 Å². The average molecular weight is 304 g/mol. The third-order valence-electron chi connectivity index (χ3n) is 4.40. The zero-order chi connectivity index (χ0) is 15.5. The summed E-state index contributed by atoms with van der Waals surface area (Å²) in [5.74, 6) is 1.16. The van der Waals surface area contributed by atoms with Crippen LogP contribution in [0.2, 0.25) is 0 Å². The molecule has 1 aromatic rings. The zero-order valence-electron chi connectivity index (χ0n) is 13.0. The van der Waals surface area contributed by atoms with Gasteiger partial charge in [-0.05, 0) is 19.8 Å². The number of carbonyl (C=O) groups excluding carboxylic acids is 1. The molecule has 2 aliphatic rings. The maximum atomic E-state index is 12.5. The van der Waals surface area contributed by atoms with Crippen LogP contribution in [0.5, 0.6) is 0 Å². The van der Waals surface area contributed by atoms with Gasteiger partial charge in [0.25, 0.3) is 0 Å². The fourth-order valence-corrected chi connectivity index (χ4v) is 3.27. The number of aryl methyl sites for hydroxylation is 1. The Morgan fingerprint density at radius 2 is 2.14 bits per heavy atom. The lowest BCUT2D eigenvalue weighted by atomic mass is 10.1. The second kappa shape index (κ2) is 6.62. The van der Waals surface area contributed by atoms with Gasteiger partial charge in [-0.2, -0.15) is 0 Å². The average Bonchev–Trinajstić information content (AvgIpc) is 3.10. The smallest absolute Gasteiger partial charge is 0.226 e. The number of aliphatic hydroxyl groups is 1. The molecule has 6 nitrogen and oxygen atoms in total. The van der Waals surface area contributed by atoms with E-state index in [1.54, 1.807) is 0 Å². The van der Waals surface area contributed by atoms with Crippen LogP contribution in [0.1, 0.15) is 24.4 Å². The molecule has 6 heteroatoms. The largest absolute Gasteiger partial charge is 0.390 e. The summed E-state index contributed by atoms with van der Waals surface area (Å²) in [5.41, 5.74) is 1.05. The van der Waals surface area contributed by atoms with Crippen molar-refractivity contribution in [1.29, 1.82) is 0 Å². The van der Waals surface area contributed by atoms with E-state index in [1.807, 2.05) is 18.0 Å². The van der Waals surface area contributed by atoms with Crippen molar-refractivity contribution in [1.82, 2.24) is 19.8 Å². The number of nitrogens with one attached hydrogen (secondary N) is 1. The maximum absolute atomic E-state index is 12.5. The molecule has 0 saturated carbocycles. The van der Waals surface area contributed by atoms with Crippen molar-refractivity contribution in [3.63, 3.8) is 0 Å². The maximum Gasteiger partial charge on any atom is 0.226 e. The van der Waals surface area contributed by atoms with Crippen LogP contribution in [-0.2, 0) is 11.3 Å². The lowest BCUT2D eigenvalue weighted by molar-refractivity contribution is -0.136. The monoisotopic (exact) mass is 304 g/mol. The minimum absolute atomic E-state index is 0.0778. The number of rotatable bonds is 3. The van der Waals surface area contributed by atoms with Gasteiger partial charge in [0.05, 0.1) is 6.10 Å². The first-order chi connectivity index (χ1) is 10.6. The van der Waals surface area contributed by atoms with Crippen LogP contribution in [0.15, 0.2) is 18.3 Å². The molecule has 2 heterocycles. The van der Waals surface area contributed by atoms with E-state index in [9.17, 15) is 9.90 Å². The molecule has 0 aromatic carbocycles. The summed E-state index contributed by atoms with van der Waals surface area (Å²) >= 11 is 0. The Labute approximate surface area is 130 Å². The molecular formula is C16H24N4O2. The highest BCUT2D eigenvalue weighted by Gasteiger charge is 2.29. The van der Waals surface area contributed by atoms with Crippen molar-refractivity contribution in [2.75, 3.05) is 26.2 Å². The van der Waals surface area contributed by atoms with Crippen LogP contribution in [0, 0.1) is 12.8 Å². The van der Waals surface area contributed by atoms with E-state index >= 15 is 0 Å². The van der Waals surface area contributed by atoms with Gasteiger partial charge < -0.3 is 15.0 Å². The number of hydrogen-bond acceptors (Lipinski definition) is 4. The molecule has 1 amide bonds. The fourth-order valence-electron chi connectivity index (χ4n) is 3.27. The van der Waals surface area contributed by atoms with Crippen LogP contribution < -0.4 is 0 Å². The van der Waals surface area contributed by atoms with Gasteiger partial charge in [-0.25, -0.2) is 4.98 Å². The van der Waals surface area contributed by atoms with Crippen molar-refractivity contribution in [2.24, 2.45) is 5.92 Å². The Morgan fingerprint density at radius 3 is 2.82 bits per heavy atom. The van der Waals surface area contributed by atoms with E-state index < -0.39 is 6.10 Å². The summed E-state index contributed by atoms with van der Waals surface area (Å²) in [6.45, 7) is 5.14. The number of H-pyrrole nitrogens is 1. The molecule has 1 atom stereocenters. The van der Waals surface area contributed by atoms with Gasteiger partial charge in [-0.1, -0.05) is 12.2 Å². The van der Waals surface area contributed by atoms with E-state index in [4.69, 9.17) is 0 Å². The number of hydrogen-bond donors (Lipinski definition) is 2. The number of aliphatic hydroxyl groups excluding tert-OH is 1. The number of carbonyl (C=O) groups is 1. The highest BCUT2D eigenvalue weighted by atomic mass is 16.3. The summed E-state index contributed by atoms with van der Waals surface area (Å²) in [7, 11) is 0. The SMILES string of the molecule is Cc1ncc(CN2CCN(C(=O)C3CC=CC3)C[C@H](O)C2)[nH]1. The molecule has 120 valence electrons. The predicted molar refractivity (Wildman–Crippen MR) is 83.1 cm³/mol. The molecule has 0 spiro atoms. The van der Waals surface area contributed by atoms with Crippen molar-refractivity contribution >= 4 is 5.91 Å². The molecule has 0 unspecified atom stereocenters. The van der Waals surface area contributed by atoms with Gasteiger partial charge in [0, 0.05) is 50.5 Å². The van der Waals surface area contributed by atoms with Crippen LogP contribution in [-0.4, -0.2) is 63.1 Å². The van der Waals surface area contributed by atoms with Crippen molar-refractivity contribution < 1.29 is 9.90 Å². The summed E-state index contributed by atoms with van der Waals surface area (Å²) in [4.78, 5) is 23.9. The highest BCUT2D eigenvalue weighted by molar-refractivity contribution is 5.79. The Hall–Kier alpha value is -1.66. The lowest BCUT2D eigenvalue weighted by Crippen LogP contribution is -2.40. The van der Waals surface area contributed by atoms with Crippen LogP contribution >= 0.6 is 0 Å². The normalized spacial score (nSPS) is 23.9. The second-order valence-electron chi connectivity index (χ2n) is 6.31. The number of aromatic amines is 1. The lowest BCUT2D eigenvalue weighted by Gasteiger charge is -2.24. The van der Waals surface area contributed by atoms with Crippen molar-refractivity contribution in [3.8, 4) is 0 Å². The van der Waals surface area contributed by atoms with Crippen LogP contribution in [0.3, 0.4) is 0 Å². The number of imidazole rings is 1. The first-order valence-corrected chi connectivity index (χ1v) is 7.96. The molecule has 1 aromatic heterocycles. The Morgan fingerprint density at radius 1 is 1.36 bits per heavy atom. The molecular weight excluding hydrogens is 280 g/mol. The molecule has 1 fully saturated rings. The molecule has 0 radical (unpaired) electrons. The Kier molecular flexibility index (Phi) is 4.59.